The van der Waals surface area contributed by atoms with Crippen molar-refractivity contribution in [3.05, 3.63) is 198 Å². The Labute approximate surface area is 817 Å². The molecule has 2 unspecified atom stereocenters. The number of carbonyl (C=O) groups is 6. The number of esters is 3. The van der Waals surface area contributed by atoms with Gasteiger partial charge < -0.3 is 89.5 Å². The second-order valence-corrected chi connectivity index (χ2v) is 34.7. The minimum absolute atomic E-state index is 0. The van der Waals surface area contributed by atoms with Gasteiger partial charge >= 0.3 is 72.3 Å². The maximum atomic E-state index is 12.7. The monoisotopic (exact) mass is 2000 g/mol. The largest absolute Gasteiger partial charge is 1.00 e. The minimum Gasteiger partial charge on any atom is -1.00 e. The zero-order chi connectivity index (χ0) is 88.8. The van der Waals surface area contributed by atoms with Crippen LogP contribution in [0.5, 0.6) is 0 Å². The van der Waals surface area contributed by atoms with Crippen molar-refractivity contribution in [2.24, 2.45) is 5.73 Å². The first-order valence-corrected chi connectivity index (χ1v) is 44.7. The summed E-state index contributed by atoms with van der Waals surface area (Å²) >= 11 is 14.0. The van der Waals surface area contributed by atoms with Crippen molar-refractivity contribution >= 4 is 136 Å². The Morgan fingerprint density at radius 3 is 1.17 bits per heavy atom. The van der Waals surface area contributed by atoms with Gasteiger partial charge in [-0.25, -0.2) is 19.2 Å². The van der Waals surface area contributed by atoms with Gasteiger partial charge in [0.2, 0.25) is 0 Å². The van der Waals surface area contributed by atoms with Crippen LogP contribution in [0.2, 0.25) is 0 Å². The van der Waals surface area contributed by atoms with Crippen LogP contribution in [0.3, 0.4) is 0 Å². The first-order valence-electron chi connectivity index (χ1n) is 41.5. The number of carboxylic acid groups (broad SMARTS) is 2. The van der Waals surface area contributed by atoms with E-state index in [1.807, 2.05) is 117 Å². The van der Waals surface area contributed by atoms with Crippen LogP contribution < -0.4 is 65.0 Å². The van der Waals surface area contributed by atoms with E-state index in [-0.39, 0.29) is 126 Å². The third-order valence-electron chi connectivity index (χ3n) is 22.1. The summed E-state index contributed by atoms with van der Waals surface area (Å²) in [6.07, 6.45) is 7.68. The standard InChI is InChI=1S/C21H30BrN3O2.C21H28BrN3O2.C18H24BrN3O2.C14H14BrNO3.C8H12N2O.C6H14N2.C2H4O2.2CH4.B.Li.Na.H2O.H/c2*1-6-23-7-9-24(10-8-23)16(5)20-15(4)19(21(26)27-14(2)3)12-18-11-17(22)13-25(18)20;1-4-20-5-7-21(8-6-20)13(3)17-12(2)16(18(23)24)10-15-9-14(19)11-22(15)17;1-4-19-14(18)12-6-11-5-10(15)7-16(11)13(8(12)2)9(3)17;1-5-3-6(2)10-8(11)7(5)4-9;1-2-8-5-3-7-4-6-8;1-2(3)4;;;;;;;/h11-14,16H,6-10H2,1-5H3;11-14H,5-10H2,1-4H3;9-11,13H,4-8H2,1-3H3,(H,23,24);5-7H,4H2,1-3H3;3H,4,9H2,1-2H3,(H,10,11);7H,2-6H2,1H3;1H3,(H,3,4);2*1H4;;;;1H2;/q;;;;;;;;;;2*+1;;-1/p-1. The number of aromatic nitrogens is 5. The number of hydrogen-bond acceptors (Lipinski definition) is 20. The number of aromatic amines is 1. The third-order valence-corrected chi connectivity index (χ3v) is 23.9. The summed E-state index contributed by atoms with van der Waals surface area (Å²) in [7, 11) is 0. The Morgan fingerprint density at radius 2 is 0.825 bits per heavy atom. The molecule has 0 saturated carbocycles. The molecule has 9 aromatic rings. The zero-order valence-corrected chi connectivity index (χ0v) is 84.9. The molecule has 7 N–H and O–H groups in total. The molecule has 27 nitrogen and oxygen atoms in total. The number of nitrogens with zero attached hydrogens (tertiary/aromatic N) is 11. The number of ketones is 1. The van der Waals surface area contributed by atoms with Crippen molar-refractivity contribution < 1.29 is 109 Å². The summed E-state index contributed by atoms with van der Waals surface area (Å²) in [4.78, 5) is 101. The van der Waals surface area contributed by atoms with E-state index in [2.05, 4.69) is 182 Å². The number of pyridine rings is 5. The summed E-state index contributed by atoms with van der Waals surface area (Å²) in [5.74, 6) is -2.71. The molecule has 126 heavy (non-hydrogen) atoms. The molecule has 34 heteroatoms. The number of rotatable bonds is 19. The SMILES string of the molecule is C.C.C=C(c1c(C)c(C(=O)OC(C)C)cc2cc(Br)cn12)N1CCN(CC)CC1.CC(=O)O.CCN1CCN(C(C)c2c(C)c(C(=O)O)cc3cc(Br)cn23)CC1.CCN1CCN(C(C)c2c(C)c(C(=O)OC(C)C)cc3cc(Br)cn23)CC1.CCN1CCNCC1.CCOC(=O)c1cc2cc(Br)cn2c(C(C)=O)c1C.Cc1cc(C)c(CN)c(=O)[nH]1.[B].[H-].[Li+].[Na+].[OH-]. The molecular formula is C92H136BBr4LiN14NaO13. The fourth-order valence-corrected chi connectivity index (χ4v) is 17.4. The molecule has 0 bridgehead atoms. The molecule has 4 aliphatic heterocycles. The number of likely N-dealkylation sites (N-methyl/N-ethyl adjacent to an activating group) is 4. The Hall–Kier alpha value is -6.23. The number of aromatic carboxylic acids is 1. The van der Waals surface area contributed by atoms with Crippen LogP contribution in [0.25, 0.3) is 27.8 Å². The number of aliphatic carboxylic acids is 1. The maximum absolute atomic E-state index is 12.7. The fraction of sp³-hybridized carbons (Fsp3) is 0.511. The number of halogens is 4. The second-order valence-electron chi connectivity index (χ2n) is 31.0. The zero-order valence-electron chi connectivity index (χ0n) is 77.6. The van der Waals surface area contributed by atoms with Crippen molar-refractivity contribution in [1.82, 2.24) is 62.2 Å². The number of ether oxygens (including phenoxy) is 3. The topological polar surface area (TPSA) is 312 Å². The fourth-order valence-electron chi connectivity index (χ4n) is 15.7. The first kappa shape index (κ1) is 118. The smallest absolute Gasteiger partial charge is 1.00 e. The van der Waals surface area contributed by atoms with Crippen molar-refractivity contribution in [1.29, 1.82) is 0 Å². The van der Waals surface area contributed by atoms with Gasteiger partial charge in [0.05, 0.1) is 58.2 Å². The number of H-pyrrole nitrogens is 1. The number of aryl methyl sites for hydroxylation is 2. The van der Waals surface area contributed by atoms with Gasteiger partial charge in [0.15, 0.2) is 5.78 Å². The quantitative estimate of drug-likeness (QED) is 0.0217. The van der Waals surface area contributed by atoms with Crippen LogP contribution in [0.1, 0.15) is 226 Å². The number of hydrogen-bond donors (Lipinski definition) is 5. The van der Waals surface area contributed by atoms with Crippen LogP contribution in [-0.4, -0.2) is 266 Å². The van der Waals surface area contributed by atoms with Crippen LogP contribution >= 0.6 is 63.7 Å². The van der Waals surface area contributed by atoms with E-state index < -0.39 is 17.9 Å². The summed E-state index contributed by atoms with van der Waals surface area (Å²) in [5, 5.41) is 20.3. The van der Waals surface area contributed by atoms with Gasteiger partial charge in [-0.1, -0.05) is 49.1 Å². The minimum atomic E-state index is -0.864. The summed E-state index contributed by atoms with van der Waals surface area (Å²) in [6, 6.07) is 17.5. The molecule has 13 heterocycles. The molecule has 3 radical (unpaired) electrons. The average Bonchev–Trinajstić information content (AvgIpc) is 1.78. The number of nitrogens with two attached hydrogens (primary N) is 1. The van der Waals surface area contributed by atoms with Crippen LogP contribution in [0.15, 0.2) is 109 Å². The molecule has 0 spiro atoms. The molecule has 0 aliphatic carbocycles. The van der Waals surface area contributed by atoms with Crippen LogP contribution in [0, 0.1) is 41.5 Å². The molecule has 0 aromatic carbocycles. The predicted molar refractivity (Wildman–Crippen MR) is 515 cm³/mol. The Bertz CT molecular complexity index is 5130. The van der Waals surface area contributed by atoms with Gasteiger partial charge in [-0.2, -0.15) is 0 Å². The number of piperazine rings is 4. The van der Waals surface area contributed by atoms with Crippen molar-refractivity contribution in [3.8, 4) is 0 Å². The van der Waals surface area contributed by atoms with Crippen LogP contribution in [-0.2, 0) is 25.5 Å². The van der Waals surface area contributed by atoms with Gasteiger partial charge in [-0.3, -0.25) is 24.2 Å². The van der Waals surface area contributed by atoms with E-state index in [4.69, 9.17) is 29.8 Å². The molecular weight excluding hydrogens is 1870 g/mol. The van der Waals surface area contributed by atoms with E-state index in [0.29, 0.717) is 52.2 Å². The predicted octanol–water partition coefficient (Wildman–Crippen LogP) is 10.5. The number of nitrogens with one attached hydrogen (secondary N) is 2. The average molecular weight is 2010 g/mol. The number of fused-ring (bicyclic) bond motifs is 4. The van der Waals surface area contributed by atoms with Gasteiger partial charge in [-0.15, -0.1) is 0 Å². The molecule has 4 fully saturated rings. The molecule has 4 saturated heterocycles. The molecule has 4 aliphatic rings. The number of carboxylic acids is 2. The number of carbonyl (C=O) groups excluding carboxylic acids is 4. The van der Waals surface area contributed by atoms with Crippen molar-refractivity contribution in [3.63, 3.8) is 0 Å². The summed E-state index contributed by atoms with van der Waals surface area (Å²) < 4.78 is 28.0. The van der Waals surface area contributed by atoms with E-state index in [1.54, 1.807) is 30.4 Å². The van der Waals surface area contributed by atoms with Gasteiger partial charge in [-0.05, 0) is 262 Å². The van der Waals surface area contributed by atoms with Crippen LogP contribution in [0.4, 0.5) is 0 Å². The third kappa shape index (κ3) is 31.8. The second kappa shape index (κ2) is 55.8. The van der Waals surface area contributed by atoms with E-state index >= 15 is 0 Å². The summed E-state index contributed by atoms with van der Waals surface area (Å²) in [5.41, 5.74) is 21.7. The van der Waals surface area contributed by atoms with Crippen molar-refractivity contribution in [2.75, 3.05) is 138 Å². The van der Waals surface area contributed by atoms with E-state index in [1.165, 1.54) is 45.3 Å². The Kier molecular flexibility index (Phi) is 52.2. The maximum Gasteiger partial charge on any atom is 1.00 e. The van der Waals surface area contributed by atoms with Gasteiger partial charge in [0.1, 0.15) is 0 Å². The van der Waals surface area contributed by atoms with Crippen molar-refractivity contribution in [2.45, 2.75) is 177 Å². The van der Waals surface area contributed by atoms with E-state index in [0.717, 1.165) is 190 Å². The molecule has 9 aromatic heterocycles. The van der Waals surface area contributed by atoms with Gasteiger partial charge in [0, 0.05) is 233 Å². The Balaban J connectivity index is 0.00000152. The summed E-state index contributed by atoms with van der Waals surface area (Å²) in [6.45, 7) is 63.2. The Morgan fingerprint density at radius 1 is 0.500 bits per heavy atom. The molecule has 13 rings (SSSR count). The molecule has 2 atom stereocenters. The number of Topliss-reactive ketones (excluding diaryl/α,β-unsaturated/α-hetero) is 1. The molecule has 0 amide bonds. The van der Waals surface area contributed by atoms with Gasteiger partial charge in [0.25, 0.3) is 11.5 Å². The first-order chi connectivity index (χ1) is 56.8. The molecule has 685 valence electrons. The van der Waals surface area contributed by atoms with E-state index in [9.17, 15) is 33.9 Å². The normalized spacial score (nSPS) is 14.8.